The minimum Gasteiger partial charge on any atom is -0.506 e. The summed E-state index contributed by atoms with van der Waals surface area (Å²) >= 11 is 0. The molecule has 3 aromatic rings. The summed E-state index contributed by atoms with van der Waals surface area (Å²) in [7, 11) is 0. The number of ketones is 1. The van der Waals surface area contributed by atoms with Crippen LogP contribution in [-0.4, -0.2) is 26.9 Å². The fourth-order valence-electron chi connectivity index (χ4n) is 2.38. The van der Waals surface area contributed by atoms with Crippen molar-refractivity contribution in [3.05, 3.63) is 95.0 Å². The van der Waals surface area contributed by atoms with E-state index in [4.69, 9.17) is 9.52 Å². The molecule has 136 valence electrons. The molecule has 6 nitrogen and oxygen atoms in total. The van der Waals surface area contributed by atoms with Crippen LogP contribution < -0.4 is 0 Å². The van der Waals surface area contributed by atoms with Crippen molar-refractivity contribution < 1.29 is 28.6 Å². The number of aromatic carboxylic acids is 1. The van der Waals surface area contributed by atoms with Crippen molar-refractivity contribution in [1.29, 1.82) is 0 Å². The van der Waals surface area contributed by atoms with Crippen LogP contribution >= 0.6 is 0 Å². The number of aliphatic hydroxyl groups is 1. The smallest absolute Gasteiger partial charge is 0.335 e. The summed E-state index contributed by atoms with van der Waals surface area (Å²) in [6.45, 7) is 0. The number of aromatic nitrogens is 1. The fraction of sp³-hybridized carbons (Fsp3) is 0.0500. The van der Waals surface area contributed by atoms with E-state index < -0.39 is 17.5 Å². The van der Waals surface area contributed by atoms with Gasteiger partial charge < -0.3 is 14.6 Å². The Hall–Kier alpha value is -3.74. The third kappa shape index (κ3) is 4.46. The highest BCUT2D eigenvalue weighted by Gasteiger charge is 2.13. The molecule has 0 fully saturated rings. The zero-order chi connectivity index (χ0) is 19.4. The zero-order valence-electron chi connectivity index (χ0n) is 13.9. The highest BCUT2D eigenvalue weighted by molar-refractivity contribution is 6.06. The predicted octanol–water partition coefficient (Wildman–Crippen LogP) is 3.88. The third-order valence-electron chi connectivity index (χ3n) is 3.73. The monoisotopic (exact) mass is 367 g/mol. The number of rotatable bonds is 6. The second-order valence-electron chi connectivity index (χ2n) is 5.70. The number of hydrogen-bond acceptors (Lipinski definition) is 5. The van der Waals surface area contributed by atoms with Gasteiger partial charge in [0.2, 0.25) is 5.78 Å². The van der Waals surface area contributed by atoms with Gasteiger partial charge in [-0.3, -0.25) is 9.78 Å². The Balaban J connectivity index is 1.75. The van der Waals surface area contributed by atoms with Crippen molar-refractivity contribution in [3.63, 3.8) is 0 Å². The van der Waals surface area contributed by atoms with Crippen molar-refractivity contribution in [2.24, 2.45) is 0 Å². The van der Waals surface area contributed by atoms with E-state index in [0.29, 0.717) is 12.2 Å². The van der Waals surface area contributed by atoms with E-state index in [2.05, 4.69) is 4.98 Å². The first-order valence-electron chi connectivity index (χ1n) is 7.90. The van der Waals surface area contributed by atoms with Crippen LogP contribution in [-0.2, 0) is 6.42 Å². The molecule has 0 spiro atoms. The zero-order valence-corrected chi connectivity index (χ0v) is 13.9. The van der Waals surface area contributed by atoms with Crippen molar-refractivity contribution in [1.82, 2.24) is 4.98 Å². The number of carbonyl (C=O) groups excluding carboxylic acids is 1. The Bertz CT molecular complexity index is 1020. The Morgan fingerprint density at radius 3 is 2.52 bits per heavy atom. The van der Waals surface area contributed by atoms with Crippen LogP contribution in [0.5, 0.6) is 0 Å². The van der Waals surface area contributed by atoms with Crippen LogP contribution in [0.1, 0.15) is 37.9 Å². The van der Waals surface area contributed by atoms with Crippen LogP contribution in [0.3, 0.4) is 0 Å². The molecule has 0 aliphatic rings. The number of furan rings is 1. The van der Waals surface area contributed by atoms with Gasteiger partial charge in [-0.1, -0.05) is 12.1 Å². The summed E-state index contributed by atoms with van der Waals surface area (Å²) in [5.74, 6) is -2.07. The molecular formula is C20H14FNO5. The van der Waals surface area contributed by atoms with Gasteiger partial charge in [0.15, 0.2) is 5.76 Å². The Morgan fingerprint density at radius 1 is 1.07 bits per heavy atom. The fourth-order valence-corrected chi connectivity index (χ4v) is 2.38. The number of halogens is 1. The van der Waals surface area contributed by atoms with Crippen molar-refractivity contribution in [3.8, 4) is 0 Å². The Labute approximate surface area is 153 Å². The molecular weight excluding hydrogens is 353 g/mol. The normalized spacial score (nSPS) is 11.4. The number of hydrogen-bond donors (Lipinski definition) is 2. The first-order valence-corrected chi connectivity index (χ1v) is 7.90. The molecule has 0 amide bonds. The summed E-state index contributed by atoms with van der Waals surface area (Å²) in [5.41, 5.74) is 0.714. The molecule has 1 aromatic carbocycles. The topological polar surface area (TPSA) is 101 Å². The third-order valence-corrected chi connectivity index (χ3v) is 3.73. The number of allylic oxidation sites excluding steroid dienone is 1. The van der Waals surface area contributed by atoms with E-state index in [-0.39, 0.29) is 22.8 Å². The van der Waals surface area contributed by atoms with Crippen molar-refractivity contribution in [2.45, 2.75) is 6.42 Å². The standard InChI is InChI=1S/C20H14FNO5/c21-14-3-1-12(2-4-14)9-15-5-6-19(27-15)18(24)11-17(23)16-10-13(20(25)26)7-8-22-16/h1-8,10-11,23H,9H2,(H,25,26). The van der Waals surface area contributed by atoms with E-state index in [1.165, 1.54) is 30.5 Å². The van der Waals surface area contributed by atoms with E-state index in [1.807, 2.05) is 0 Å². The minimum atomic E-state index is -1.17. The quantitative estimate of drug-likeness (QED) is 0.389. The van der Waals surface area contributed by atoms with Gasteiger partial charge in [-0.05, 0) is 42.0 Å². The van der Waals surface area contributed by atoms with Crippen LogP contribution in [0, 0.1) is 5.82 Å². The number of nitrogens with zero attached hydrogens (tertiary/aromatic N) is 1. The van der Waals surface area contributed by atoms with Crippen LogP contribution in [0.25, 0.3) is 5.76 Å². The lowest BCUT2D eigenvalue weighted by atomic mass is 10.1. The predicted molar refractivity (Wildman–Crippen MR) is 94.0 cm³/mol. The van der Waals surface area contributed by atoms with Gasteiger partial charge in [-0.25, -0.2) is 9.18 Å². The maximum Gasteiger partial charge on any atom is 0.335 e. The summed E-state index contributed by atoms with van der Waals surface area (Å²) in [5, 5.41) is 19.0. The lowest BCUT2D eigenvalue weighted by Gasteiger charge is -2.01. The largest absolute Gasteiger partial charge is 0.506 e. The summed E-state index contributed by atoms with van der Waals surface area (Å²) < 4.78 is 18.4. The lowest BCUT2D eigenvalue weighted by Crippen LogP contribution is -2.00. The first kappa shape index (κ1) is 18.1. The minimum absolute atomic E-state index is 0.00745. The maximum absolute atomic E-state index is 12.9. The maximum atomic E-state index is 12.9. The molecule has 0 saturated heterocycles. The summed E-state index contributed by atoms with van der Waals surface area (Å²) in [4.78, 5) is 27.0. The molecule has 27 heavy (non-hydrogen) atoms. The Kier molecular flexibility index (Phi) is 5.12. The van der Waals surface area contributed by atoms with Gasteiger partial charge in [-0.15, -0.1) is 0 Å². The average molecular weight is 367 g/mol. The van der Waals surface area contributed by atoms with Crippen molar-refractivity contribution in [2.75, 3.05) is 0 Å². The molecule has 0 atom stereocenters. The molecule has 0 aliphatic heterocycles. The Morgan fingerprint density at radius 2 is 1.81 bits per heavy atom. The second kappa shape index (κ2) is 7.65. The van der Waals surface area contributed by atoms with Gasteiger partial charge in [0.25, 0.3) is 0 Å². The lowest BCUT2D eigenvalue weighted by molar-refractivity contribution is 0.0696. The molecule has 2 aromatic heterocycles. The van der Waals surface area contributed by atoms with Gasteiger partial charge >= 0.3 is 5.97 Å². The molecule has 2 N–H and O–H groups in total. The molecule has 0 bridgehead atoms. The number of pyridine rings is 1. The van der Waals surface area contributed by atoms with Gasteiger partial charge in [0.1, 0.15) is 23.0 Å². The van der Waals surface area contributed by atoms with E-state index in [0.717, 1.165) is 17.7 Å². The molecule has 0 unspecified atom stereocenters. The second-order valence-corrected chi connectivity index (χ2v) is 5.70. The van der Waals surface area contributed by atoms with Crippen molar-refractivity contribution >= 4 is 17.5 Å². The summed E-state index contributed by atoms with van der Waals surface area (Å²) in [6.07, 6.45) is 2.51. The van der Waals surface area contributed by atoms with E-state index in [1.54, 1.807) is 18.2 Å². The van der Waals surface area contributed by atoms with Gasteiger partial charge in [0.05, 0.1) is 5.56 Å². The molecule has 7 heteroatoms. The molecule has 2 heterocycles. The number of benzene rings is 1. The van der Waals surface area contributed by atoms with Gasteiger partial charge in [-0.2, -0.15) is 0 Å². The molecule has 0 saturated carbocycles. The van der Waals surface area contributed by atoms with E-state index >= 15 is 0 Å². The first-order chi connectivity index (χ1) is 12.9. The number of carboxylic acid groups (broad SMARTS) is 1. The molecule has 0 radical (unpaired) electrons. The highest BCUT2D eigenvalue weighted by atomic mass is 19.1. The van der Waals surface area contributed by atoms with Crippen LogP contribution in [0.15, 0.2) is 65.2 Å². The average Bonchev–Trinajstić information content (AvgIpc) is 3.12. The number of carboxylic acids is 1. The molecule has 3 rings (SSSR count). The number of aliphatic hydroxyl groups excluding tert-OH is 1. The van der Waals surface area contributed by atoms with E-state index in [9.17, 15) is 19.1 Å². The highest BCUT2D eigenvalue weighted by Crippen LogP contribution is 2.17. The molecule has 0 aliphatic carbocycles. The SMILES string of the molecule is O=C(O)c1ccnc(C(O)=CC(=O)c2ccc(Cc3ccc(F)cc3)o2)c1. The summed E-state index contributed by atoms with van der Waals surface area (Å²) in [6, 6.07) is 11.4. The van der Waals surface area contributed by atoms with Crippen LogP contribution in [0.4, 0.5) is 4.39 Å². The van der Waals surface area contributed by atoms with Gasteiger partial charge in [0, 0.05) is 18.7 Å². The number of carbonyl (C=O) groups is 2. The van der Waals surface area contributed by atoms with Crippen LogP contribution in [0.2, 0.25) is 0 Å².